The summed E-state index contributed by atoms with van der Waals surface area (Å²) in [5.74, 6) is 0.0514. The van der Waals surface area contributed by atoms with Crippen molar-refractivity contribution in [2.24, 2.45) is 5.73 Å². The first-order valence-electron chi connectivity index (χ1n) is 6.82. The third-order valence-electron chi connectivity index (χ3n) is 3.69. The van der Waals surface area contributed by atoms with Crippen LogP contribution in [-0.4, -0.2) is 43.2 Å². The molecule has 104 valence electrons. The third kappa shape index (κ3) is 3.78. The molecule has 2 N–H and O–H groups in total. The number of rotatable bonds is 5. The minimum Gasteiger partial charge on any atom is -0.380 e. The molecule has 1 aliphatic rings. The van der Waals surface area contributed by atoms with Gasteiger partial charge in [-0.2, -0.15) is 0 Å². The molecule has 0 bridgehead atoms. The van der Waals surface area contributed by atoms with Crippen molar-refractivity contribution in [1.82, 2.24) is 4.90 Å². The Morgan fingerprint density at radius 2 is 2.21 bits per heavy atom. The summed E-state index contributed by atoms with van der Waals surface area (Å²) in [4.78, 5) is 14.0. The summed E-state index contributed by atoms with van der Waals surface area (Å²) in [5.41, 5.74) is 7.22. The van der Waals surface area contributed by atoms with Gasteiger partial charge in [-0.25, -0.2) is 0 Å². The summed E-state index contributed by atoms with van der Waals surface area (Å²) in [6.07, 6.45) is 2.62. The predicted molar refractivity (Wildman–Crippen MR) is 74.7 cm³/mol. The largest absolute Gasteiger partial charge is 0.380 e. The molecule has 2 atom stereocenters. The minimum absolute atomic E-state index is 0.0514. The topological polar surface area (TPSA) is 55.6 Å². The number of aryl methyl sites for hydroxylation is 1. The lowest BCUT2D eigenvalue weighted by Crippen LogP contribution is -2.43. The number of likely N-dealkylation sites (tertiary alicyclic amines) is 1. The van der Waals surface area contributed by atoms with E-state index in [1.54, 1.807) is 7.11 Å². The minimum atomic E-state index is -0.407. The van der Waals surface area contributed by atoms with Crippen LogP contribution in [0.5, 0.6) is 0 Å². The van der Waals surface area contributed by atoms with Gasteiger partial charge in [-0.3, -0.25) is 4.79 Å². The summed E-state index contributed by atoms with van der Waals surface area (Å²) >= 11 is 0. The molecule has 1 aromatic carbocycles. The number of nitrogens with zero attached hydrogens (tertiary/aromatic N) is 1. The molecule has 1 saturated heterocycles. The van der Waals surface area contributed by atoms with Gasteiger partial charge in [-0.05, 0) is 24.8 Å². The maximum atomic E-state index is 12.2. The van der Waals surface area contributed by atoms with Gasteiger partial charge in [0.2, 0.25) is 5.91 Å². The average molecular weight is 262 g/mol. The number of nitrogens with two attached hydrogens (primary N) is 1. The Bertz CT molecular complexity index is 408. The molecule has 2 rings (SSSR count). The smallest absolute Gasteiger partial charge is 0.239 e. The van der Waals surface area contributed by atoms with E-state index >= 15 is 0 Å². The highest BCUT2D eigenvalue weighted by molar-refractivity contribution is 5.81. The van der Waals surface area contributed by atoms with Crippen LogP contribution in [0.2, 0.25) is 0 Å². The van der Waals surface area contributed by atoms with Gasteiger partial charge in [0.1, 0.15) is 0 Å². The summed E-state index contributed by atoms with van der Waals surface area (Å²) in [5, 5.41) is 0. The van der Waals surface area contributed by atoms with E-state index < -0.39 is 6.04 Å². The van der Waals surface area contributed by atoms with E-state index in [2.05, 4.69) is 12.1 Å². The lowest BCUT2D eigenvalue weighted by Gasteiger charge is -2.20. The fraction of sp³-hybridized carbons (Fsp3) is 0.533. The maximum Gasteiger partial charge on any atom is 0.239 e. The van der Waals surface area contributed by atoms with Gasteiger partial charge in [-0.1, -0.05) is 30.3 Å². The van der Waals surface area contributed by atoms with Crippen molar-refractivity contribution < 1.29 is 9.53 Å². The second kappa shape index (κ2) is 6.68. The Morgan fingerprint density at radius 1 is 1.47 bits per heavy atom. The quantitative estimate of drug-likeness (QED) is 0.867. The number of carbonyl (C=O) groups excluding carboxylic acids is 1. The van der Waals surface area contributed by atoms with Crippen LogP contribution in [-0.2, 0) is 16.0 Å². The molecule has 4 heteroatoms. The highest BCUT2D eigenvalue weighted by Crippen LogP contribution is 2.14. The molecule has 0 saturated carbocycles. The fourth-order valence-corrected chi connectivity index (χ4v) is 2.45. The average Bonchev–Trinajstić information content (AvgIpc) is 2.94. The first-order chi connectivity index (χ1) is 9.20. The molecule has 0 aromatic heterocycles. The Hall–Kier alpha value is -1.39. The van der Waals surface area contributed by atoms with E-state index in [1.807, 2.05) is 23.1 Å². The molecule has 0 aliphatic carbocycles. The Kier molecular flexibility index (Phi) is 4.93. The number of amides is 1. The molecule has 1 heterocycles. The lowest BCUT2D eigenvalue weighted by atomic mass is 10.1. The van der Waals surface area contributed by atoms with E-state index in [1.165, 1.54) is 5.56 Å². The second-order valence-electron chi connectivity index (χ2n) is 5.06. The number of hydrogen-bond donors (Lipinski definition) is 1. The van der Waals surface area contributed by atoms with Crippen molar-refractivity contribution in [2.45, 2.75) is 31.4 Å². The SMILES string of the molecule is COC1CCN(C(=O)[C@@H](N)CCc2ccccc2)C1. The first-order valence-corrected chi connectivity index (χ1v) is 6.82. The number of benzene rings is 1. The Balaban J connectivity index is 1.80. The van der Waals surface area contributed by atoms with Crippen molar-refractivity contribution >= 4 is 5.91 Å². The van der Waals surface area contributed by atoms with Crippen molar-refractivity contribution in [2.75, 3.05) is 20.2 Å². The van der Waals surface area contributed by atoms with Gasteiger partial charge in [0, 0.05) is 20.2 Å². The molecule has 0 radical (unpaired) electrons. The Morgan fingerprint density at radius 3 is 2.84 bits per heavy atom. The molecule has 0 spiro atoms. The van der Waals surface area contributed by atoms with Gasteiger partial charge in [-0.15, -0.1) is 0 Å². The normalized spacial score (nSPS) is 20.5. The molecule has 1 amide bonds. The number of hydrogen-bond acceptors (Lipinski definition) is 3. The van der Waals surface area contributed by atoms with Crippen LogP contribution in [0, 0.1) is 0 Å². The van der Waals surface area contributed by atoms with E-state index in [9.17, 15) is 4.79 Å². The summed E-state index contributed by atoms with van der Waals surface area (Å²) < 4.78 is 5.27. The van der Waals surface area contributed by atoms with E-state index in [4.69, 9.17) is 10.5 Å². The van der Waals surface area contributed by atoms with Crippen molar-refractivity contribution in [1.29, 1.82) is 0 Å². The summed E-state index contributed by atoms with van der Waals surface area (Å²) in [7, 11) is 1.69. The zero-order chi connectivity index (χ0) is 13.7. The van der Waals surface area contributed by atoms with E-state index in [-0.39, 0.29) is 12.0 Å². The zero-order valence-electron chi connectivity index (χ0n) is 11.4. The van der Waals surface area contributed by atoms with E-state index in [0.717, 1.165) is 19.4 Å². The number of carbonyl (C=O) groups is 1. The molecular weight excluding hydrogens is 240 g/mol. The van der Waals surface area contributed by atoms with Crippen LogP contribution in [0.1, 0.15) is 18.4 Å². The summed E-state index contributed by atoms with van der Waals surface area (Å²) in [6, 6.07) is 9.72. The predicted octanol–water partition coefficient (Wildman–Crippen LogP) is 1.19. The molecule has 19 heavy (non-hydrogen) atoms. The monoisotopic (exact) mass is 262 g/mol. The number of methoxy groups -OCH3 is 1. The third-order valence-corrected chi connectivity index (χ3v) is 3.69. The first kappa shape index (κ1) is 14.0. The molecule has 1 aliphatic heterocycles. The zero-order valence-corrected chi connectivity index (χ0v) is 11.4. The fourth-order valence-electron chi connectivity index (χ4n) is 2.45. The second-order valence-corrected chi connectivity index (χ2v) is 5.06. The van der Waals surface area contributed by atoms with Gasteiger partial charge >= 0.3 is 0 Å². The lowest BCUT2D eigenvalue weighted by molar-refractivity contribution is -0.132. The highest BCUT2D eigenvalue weighted by atomic mass is 16.5. The van der Waals surface area contributed by atoms with Crippen LogP contribution >= 0.6 is 0 Å². The van der Waals surface area contributed by atoms with Crippen LogP contribution in [0.3, 0.4) is 0 Å². The van der Waals surface area contributed by atoms with Crippen LogP contribution in [0.25, 0.3) is 0 Å². The standard InChI is InChI=1S/C15H22N2O2/c1-19-13-9-10-17(11-13)15(18)14(16)8-7-12-5-3-2-4-6-12/h2-6,13-14H,7-11,16H2,1H3/t13?,14-/m0/s1. The van der Waals surface area contributed by atoms with Crippen molar-refractivity contribution in [3.8, 4) is 0 Å². The molecule has 1 unspecified atom stereocenters. The summed E-state index contributed by atoms with van der Waals surface area (Å²) in [6.45, 7) is 1.44. The van der Waals surface area contributed by atoms with Crippen LogP contribution in [0.4, 0.5) is 0 Å². The maximum absolute atomic E-state index is 12.2. The molecule has 1 fully saturated rings. The van der Waals surface area contributed by atoms with Crippen molar-refractivity contribution in [3.05, 3.63) is 35.9 Å². The van der Waals surface area contributed by atoms with Crippen molar-refractivity contribution in [3.63, 3.8) is 0 Å². The van der Waals surface area contributed by atoms with E-state index in [0.29, 0.717) is 13.0 Å². The Labute approximate surface area is 114 Å². The van der Waals surface area contributed by atoms with Gasteiger partial charge in [0.15, 0.2) is 0 Å². The highest BCUT2D eigenvalue weighted by Gasteiger charge is 2.28. The number of ether oxygens (including phenoxy) is 1. The molecular formula is C15H22N2O2. The van der Waals surface area contributed by atoms with Gasteiger partial charge < -0.3 is 15.4 Å². The van der Waals surface area contributed by atoms with Crippen LogP contribution < -0.4 is 5.73 Å². The molecule has 1 aromatic rings. The van der Waals surface area contributed by atoms with Gasteiger partial charge in [0.05, 0.1) is 12.1 Å². The van der Waals surface area contributed by atoms with Gasteiger partial charge in [0.25, 0.3) is 0 Å². The van der Waals surface area contributed by atoms with Crippen LogP contribution in [0.15, 0.2) is 30.3 Å². The molecule has 4 nitrogen and oxygen atoms in total.